The predicted octanol–water partition coefficient (Wildman–Crippen LogP) is 2.27. The molecule has 1 aliphatic carbocycles. The second-order valence-electron chi connectivity index (χ2n) is 5.83. The van der Waals surface area contributed by atoms with Crippen LogP contribution in [-0.4, -0.2) is 22.4 Å². The number of rotatable bonds is 3. The van der Waals surface area contributed by atoms with E-state index in [4.69, 9.17) is 15.1 Å². The largest absolute Gasteiger partial charge is 0.370 e. The van der Waals surface area contributed by atoms with Gasteiger partial charge in [-0.05, 0) is 44.4 Å². The van der Waals surface area contributed by atoms with E-state index in [9.17, 15) is 4.79 Å². The van der Waals surface area contributed by atoms with E-state index in [1.54, 1.807) is 25.6 Å². The van der Waals surface area contributed by atoms with Gasteiger partial charge in [-0.3, -0.25) is 9.36 Å². The first-order chi connectivity index (χ1) is 9.89. The Hall–Kier alpha value is -2.01. The molecule has 21 heavy (non-hydrogen) atoms. The average Bonchev–Trinajstić information content (AvgIpc) is 3.23. The molecule has 2 aromatic rings. The highest BCUT2D eigenvalue weighted by molar-refractivity contribution is 6.07. The normalized spacial score (nSPS) is 16.2. The van der Waals surface area contributed by atoms with Crippen molar-refractivity contribution in [3.8, 4) is 0 Å². The van der Waals surface area contributed by atoms with Crippen LogP contribution in [0.3, 0.4) is 0 Å². The summed E-state index contributed by atoms with van der Waals surface area (Å²) >= 11 is 0. The lowest BCUT2D eigenvalue weighted by Gasteiger charge is -2.18. The minimum atomic E-state index is -0.430. The van der Waals surface area contributed by atoms with Crippen LogP contribution in [0.2, 0.25) is 0 Å². The number of aryl methyl sites for hydroxylation is 1. The van der Waals surface area contributed by atoms with Crippen LogP contribution in [0.4, 0.5) is 0 Å². The summed E-state index contributed by atoms with van der Waals surface area (Å²) in [5.41, 5.74) is 2.19. The van der Waals surface area contributed by atoms with Gasteiger partial charge in [-0.2, -0.15) is 0 Å². The van der Waals surface area contributed by atoms with E-state index in [1.807, 2.05) is 19.1 Å². The van der Waals surface area contributed by atoms with Gasteiger partial charge >= 0.3 is 0 Å². The van der Waals surface area contributed by atoms with Crippen LogP contribution in [0.15, 0.2) is 16.9 Å². The van der Waals surface area contributed by atoms with Gasteiger partial charge in [0.1, 0.15) is 11.4 Å². The zero-order valence-electron chi connectivity index (χ0n) is 12.8. The third kappa shape index (κ3) is 2.00. The molecule has 0 saturated heterocycles. The third-order valence-electron chi connectivity index (χ3n) is 4.23. The number of methoxy groups -OCH3 is 1. The molecular formula is C16H19N3O2. The fourth-order valence-electron chi connectivity index (χ4n) is 2.85. The summed E-state index contributed by atoms with van der Waals surface area (Å²) in [5.74, 6) is 0.661. The smallest absolute Gasteiger partial charge is 0.261 e. The fourth-order valence-corrected chi connectivity index (χ4v) is 2.85. The van der Waals surface area contributed by atoms with Crippen LogP contribution in [0.25, 0.3) is 10.9 Å². The van der Waals surface area contributed by atoms with Crippen molar-refractivity contribution in [2.45, 2.75) is 32.3 Å². The lowest BCUT2D eigenvalue weighted by molar-refractivity contribution is 0.0678. The van der Waals surface area contributed by atoms with E-state index in [-0.39, 0.29) is 5.56 Å². The van der Waals surface area contributed by atoms with Crippen molar-refractivity contribution in [2.24, 2.45) is 7.05 Å². The van der Waals surface area contributed by atoms with Crippen molar-refractivity contribution in [1.82, 2.24) is 9.55 Å². The number of nitrogens with zero attached hydrogens (tertiary/aromatic N) is 2. The molecule has 1 saturated carbocycles. The molecule has 0 unspecified atom stereocenters. The summed E-state index contributed by atoms with van der Waals surface area (Å²) < 4.78 is 7.15. The summed E-state index contributed by atoms with van der Waals surface area (Å²) in [6.07, 6.45) is 1.75. The SMILES string of the molecule is COC1(c2nc3c(C(C)=N)cc(C)cc3c(=O)n2C)CC1. The van der Waals surface area contributed by atoms with E-state index < -0.39 is 5.60 Å². The van der Waals surface area contributed by atoms with Crippen LogP contribution >= 0.6 is 0 Å². The van der Waals surface area contributed by atoms with Gasteiger partial charge < -0.3 is 10.1 Å². The van der Waals surface area contributed by atoms with Crippen molar-refractivity contribution >= 4 is 16.6 Å². The molecule has 110 valence electrons. The summed E-state index contributed by atoms with van der Waals surface area (Å²) in [7, 11) is 3.39. The van der Waals surface area contributed by atoms with Crippen molar-refractivity contribution in [2.75, 3.05) is 7.11 Å². The highest BCUT2D eigenvalue weighted by atomic mass is 16.5. The number of hydrogen-bond donors (Lipinski definition) is 1. The maximum absolute atomic E-state index is 12.7. The molecule has 0 bridgehead atoms. The highest BCUT2D eigenvalue weighted by Gasteiger charge is 2.48. The standard InChI is InChI=1S/C16H19N3O2/c1-9-7-11(10(2)17)13-12(8-9)14(20)19(3)15(18-13)16(21-4)5-6-16/h7-8,17H,5-6H2,1-4H3. The molecule has 0 spiro atoms. The van der Waals surface area contributed by atoms with Crippen LogP contribution in [0.5, 0.6) is 0 Å². The molecule has 0 radical (unpaired) electrons. The summed E-state index contributed by atoms with van der Waals surface area (Å²) in [6, 6.07) is 3.75. The molecule has 0 amide bonds. The summed E-state index contributed by atoms with van der Waals surface area (Å²) in [5, 5.41) is 8.51. The van der Waals surface area contributed by atoms with Gasteiger partial charge in [-0.25, -0.2) is 4.98 Å². The molecular weight excluding hydrogens is 266 g/mol. The Balaban J connectivity index is 2.42. The number of hydrogen-bond acceptors (Lipinski definition) is 4. The van der Waals surface area contributed by atoms with Crippen LogP contribution in [-0.2, 0) is 17.4 Å². The number of nitrogens with one attached hydrogen (secondary N) is 1. The Labute approximate surface area is 123 Å². The number of benzene rings is 1. The molecule has 1 N–H and O–H groups in total. The van der Waals surface area contributed by atoms with Gasteiger partial charge in [0.15, 0.2) is 0 Å². The Morgan fingerprint density at radius 1 is 1.43 bits per heavy atom. The van der Waals surface area contributed by atoms with Gasteiger partial charge in [0, 0.05) is 25.4 Å². The molecule has 0 aliphatic heterocycles. The van der Waals surface area contributed by atoms with Crippen molar-refractivity contribution < 1.29 is 4.74 Å². The topological polar surface area (TPSA) is 68.0 Å². The fraction of sp³-hybridized carbons (Fsp3) is 0.438. The zero-order chi connectivity index (χ0) is 15.4. The molecule has 3 rings (SSSR count). The van der Waals surface area contributed by atoms with E-state index in [0.717, 1.165) is 24.0 Å². The van der Waals surface area contributed by atoms with E-state index in [1.165, 1.54) is 0 Å². The Bertz CT molecular complexity index is 816. The first-order valence-electron chi connectivity index (χ1n) is 7.02. The van der Waals surface area contributed by atoms with Gasteiger partial charge in [-0.1, -0.05) is 0 Å². The van der Waals surface area contributed by atoms with Gasteiger partial charge in [0.05, 0.1) is 10.9 Å². The van der Waals surface area contributed by atoms with Crippen molar-refractivity contribution in [1.29, 1.82) is 5.41 Å². The maximum atomic E-state index is 12.7. The van der Waals surface area contributed by atoms with E-state index >= 15 is 0 Å². The number of fused-ring (bicyclic) bond motifs is 1. The van der Waals surface area contributed by atoms with Crippen molar-refractivity contribution in [3.05, 3.63) is 39.4 Å². The minimum Gasteiger partial charge on any atom is -0.370 e. The summed E-state index contributed by atoms with van der Waals surface area (Å²) in [4.78, 5) is 17.4. The maximum Gasteiger partial charge on any atom is 0.261 e. The average molecular weight is 285 g/mol. The van der Waals surface area contributed by atoms with Crippen molar-refractivity contribution in [3.63, 3.8) is 0 Å². The molecule has 1 aromatic heterocycles. The zero-order valence-corrected chi connectivity index (χ0v) is 12.8. The second-order valence-corrected chi connectivity index (χ2v) is 5.83. The lowest BCUT2D eigenvalue weighted by atomic mass is 10.0. The molecule has 1 aromatic carbocycles. The van der Waals surface area contributed by atoms with E-state index in [2.05, 4.69) is 0 Å². The quantitative estimate of drug-likeness (QED) is 0.880. The Morgan fingerprint density at radius 3 is 2.62 bits per heavy atom. The Morgan fingerprint density at radius 2 is 2.10 bits per heavy atom. The highest BCUT2D eigenvalue weighted by Crippen LogP contribution is 2.47. The van der Waals surface area contributed by atoms with Crippen LogP contribution in [0, 0.1) is 12.3 Å². The lowest BCUT2D eigenvalue weighted by Crippen LogP contribution is -2.28. The van der Waals surface area contributed by atoms with Gasteiger partial charge in [-0.15, -0.1) is 0 Å². The molecule has 5 nitrogen and oxygen atoms in total. The Kier molecular flexibility index (Phi) is 2.99. The first kappa shape index (κ1) is 13.9. The second kappa shape index (κ2) is 4.49. The van der Waals surface area contributed by atoms with Crippen LogP contribution in [0.1, 0.15) is 36.7 Å². The first-order valence-corrected chi connectivity index (χ1v) is 7.02. The van der Waals surface area contributed by atoms with Gasteiger partial charge in [0.2, 0.25) is 0 Å². The predicted molar refractivity (Wildman–Crippen MR) is 82.1 cm³/mol. The van der Waals surface area contributed by atoms with E-state index in [0.29, 0.717) is 22.4 Å². The molecule has 1 fully saturated rings. The molecule has 1 heterocycles. The number of aromatic nitrogens is 2. The monoisotopic (exact) mass is 285 g/mol. The third-order valence-corrected chi connectivity index (χ3v) is 4.23. The molecule has 5 heteroatoms. The van der Waals surface area contributed by atoms with Gasteiger partial charge in [0.25, 0.3) is 5.56 Å². The number of ether oxygens (including phenoxy) is 1. The molecule has 0 atom stereocenters. The minimum absolute atomic E-state index is 0.0791. The van der Waals surface area contributed by atoms with Crippen LogP contribution < -0.4 is 5.56 Å². The molecule has 1 aliphatic rings. The summed E-state index contributed by atoms with van der Waals surface area (Å²) in [6.45, 7) is 3.65.